The molecule has 0 aliphatic rings. The van der Waals surface area contributed by atoms with Crippen molar-refractivity contribution in [3.8, 4) is 51.0 Å². The van der Waals surface area contributed by atoms with Gasteiger partial charge in [-0.25, -0.2) is 9.97 Å². The lowest BCUT2D eigenvalue weighted by atomic mass is 10.00. The summed E-state index contributed by atoms with van der Waals surface area (Å²) in [6.07, 6.45) is 0. The third-order valence-electron chi connectivity index (χ3n) is 12.8. The summed E-state index contributed by atoms with van der Waals surface area (Å²) in [7, 11) is 0. The molecule has 0 atom stereocenters. The minimum Gasteiger partial charge on any atom is -0.308 e. The molecule has 6 nitrogen and oxygen atoms in total. The number of hydrogen-bond donors (Lipinski definition) is 0. The van der Waals surface area contributed by atoms with E-state index in [1.165, 1.54) is 0 Å². The molecule has 6 heteroatoms. The van der Waals surface area contributed by atoms with Gasteiger partial charge in [-0.1, -0.05) is 170 Å². The number of para-hydroxylation sites is 4. The number of aromatic nitrogens is 5. The molecule has 0 unspecified atom stereocenters. The topological polar surface area (TPSA) is 57.6 Å². The molecule has 0 fully saturated rings. The molecule has 0 aliphatic heterocycles. The summed E-state index contributed by atoms with van der Waals surface area (Å²) in [5.41, 5.74) is 12.0. The summed E-state index contributed by atoms with van der Waals surface area (Å²) in [6, 6.07) is 77.3. The van der Waals surface area contributed by atoms with E-state index in [-0.39, 0.29) is 5.56 Å². The Kier molecular flexibility index (Phi) is 8.26. The number of pyridine rings is 1. The van der Waals surface area contributed by atoms with E-state index in [1.54, 1.807) is 0 Å². The van der Waals surface area contributed by atoms with E-state index in [0.717, 1.165) is 105 Å². The summed E-state index contributed by atoms with van der Waals surface area (Å²) in [5, 5.41) is 6.84. The molecule has 0 aliphatic carbocycles. The quantitative estimate of drug-likeness (QED) is 0.157. The van der Waals surface area contributed by atoms with E-state index in [1.807, 2.05) is 89.5 Å². The van der Waals surface area contributed by atoms with Crippen molar-refractivity contribution in [3.63, 3.8) is 0 Å². The zero-order valence-electron chi connectivity index (χ0n) is 35.0. The number of hydrogen-bond acceptors (Lipinski definition) is 3. The van der Waals surface area contributed by atoms with Crippen molar-refractivity contribution in [2.75, 3.05) is 0 Å². The fourth-order valence-electron chi connectivity index (χ4n) is 10.0. The summed E-state index contributed by atoms with van der Waals surface area (Å²) >= 11 is 0. The molecule has 0 saturated carbocycles. The van der Waals surface area contributed by atoms with Crippen LogP contribution in [0, 0.1) is 0 Å². The van der Waals surface area contributed by atoms with Gasteiger partial charge in [-0.05, 0) is 60.0 Å². The van der Waals surface area contributed by atoms with Crippen LogP contribution in [0.1, 0.15) is 0 Å². The van der Waals surface area contributed by atoms with Gasteiger partial charge in [0.05, 0.1) is 44.4 Å². The van der Waals surface area contributed by atoms with Gasteiger partial charge < -0.3 is 9.13 Å². The maximum atomic E-state index is 16.1. The third-order valence-corrected chi connectivity index (χ3v) is 12.8. The lowest BCUT2D eigenvalue weighted by molar-refractivity contribution is 1.06. The van der Waals surface area contributed by atoms with Crippen LogP contribution in [0.25, 0.3) is 116 Å². The molecule has 13 rings (SSSR count). The van der Waals surface area contributed by atoms with E-state index in [2.05, 4.69) is 149 Å². The van der Waals surface area contributed by atoms with Crippen LogP contribution in [0.3, 0.4) is 0 Å². The van der Waals surface area contributed by atoms with Crippen molar-refractivity contribution in [3.05, 3.63) is 235 Å². The largest absolute Gasteiger partial charge is 0.308 e. The fraction of sp³-hybridized carbons (Fsp3) is 0. The van der Waals surface area contributed by atoms with Gasteiger partial charge in [0, 0.05) is 60.7 Å². The van der Waals surface area contributed by atoms with Crippen LogP contribution in [-0.4, -0.2) is 23.7 Å². The van der Waals surface area contributed by atoms with Crippen molar-refractivity contribution >= 4 is 65.3 Å². The zero-order valence-corrected chi connectivity index (χ0v) is 35.0. The number of fused-ring (bicyclic) bond motifs is 11. The van der Waals surface area contributed by atoms with Crippen molar-refractivity contribution < 1.29 is 0 Å². The molecular weight excluding hydrogens is 795 g/mol. The number of rotatable bonds is 6. The Morgan fingerprint density at radius 2 is 0.738 bits per heavy atom. The lowest BCUT2D eigenvalue weighted by Gasteiger charge is -2.18. The second kappa shape index (κ2) is 14.6. The van der Waals surface area contributed by atoms with E-state index in [0.29, 0.717) is 11.2 Å². The Morgan fingerprint density at radius 1 is 0.308 bits per heavy atom. The van der Waals surface area contributed by atoms with Gasteiger partial charge in [0.1, 0.15) is 0 Å². The second-order valence-electron chi connectivity index (χ2n) is 16.5. The third kappa shape index (κ3) is 5.71. The van der Waals surface area contributed by atoms with Gasteiger partial charge in [0.15, 0.2) is 5.82 Å². The SMILES string of the molecule is O=c1c2c(ccc3c4ccccc4n(-c4cccc(-c5cc(-c6ccccc6)nc(-c6ccccc6)n5)c4)c32)c2ccc3c4ccccc4n(-c4ccccc4)c3c2n1-c1ccccc1. The molecule has 0 saturated heterocycles. The summed E-state index contributed by atoms with van der Waals surface area (Å²) in [4.78, 5) is 26.3. The van der Waals surface area contributed by atoms with Crippen LogP contribution in [0.15, 0.2) is 229 Å². The Morgan fingerprint density at radius 3 is 1.37 bits per heavy atom. The second-order valence-corrected chi connectivity index (χ2v) is 16.5. The first kappa shape index (κ1) is 36.8. The molecular formula is C59H37N5O. The highest BCUT2D eigenvalue weighted by Gasteiger charge is 2.25. The molecule has 0 amide bonds. The first-order valence-electron chi connectivity index (χ1n) is 21.9. The molecule has 304 valence electrons. The molecule has 65 heavy (non-hydrogen) atoms. The van der Waals surface area contributed by atoms with Crippen LogP contribution < -0.4 is 5.56 Å². The van der Waals surface area contributed by atoms with Crippen molar-refractivity contribution in [1.29, 1.82) is 0 Å². The van der Waals surface area contributed by atoms with Crippen LogP contribution in [0.4, 0.5) is 0 Å². The van der Waals surface area contributed by atoms with Gasteiger partial charge in [0.2, 0.25) is 0 Å². The highest BCUT2D eigenvalue weighted by atomic mass is 16.1. The molecule has 13 aromatic rings. The predicted molar refractivity (Wildman–Crippen MR) is 268 cm³/mol. The van der Waals surface area contributed by atoms with Gasteiger partial charge in [0.25, 0.3) is 5.56 Å². The van der Waals surface area contributed by atoms with Crippen molar-refractivity contribution in [2.45, 2.75) is 0 Å². The van der Waals surface area contributed by atoms with Crippen LogP contribution >= 0.6 is 0 Å². The van der Waals surface area contributed by atoms with E-state index in [4.69, 9.17) is 9.97 Å². The highest BCUT2D eigenvalue weighted by molar-refractivity contribution is 6.27. The van der Waals surface area contributed by atoms with Crippen LogP contribution in [-0.2, 0) is 0 Å². The maximum absolute atomic E-state index is 16.1. The Hall–Kier alpha value is -8.87. The smallest absolute Gasteiger partial charge is 0.265 e. The van der Waals surface area contributed by atoms with Crippen LogP contribution in [0.5, 0.6) is 0 Å². The Labute approximate surface area is 373 Å². The van der Waals surface area contributed by atoms with Gasteiger partial charge in [-0.2, -0.15) is 0 Å². The molecule has 4 heterocycles. The van der Waals surface area contributed by atoms with E-state index < -0.39 is 0 Å². The number of benzene rings is 9. The fourth-order valence-corrected chi connectivity index (χ4v) is 10.0. The van der Waals surface area contributed by atoms with Gasteiger partial charge >= 0.3 is 0 Å². The summed E-state index contributed by atoms with van der Waals surface area (Å²) in [6.45, 7) is 0. The lowest BCUT2D eigenvalue weighted by Crippen LogP contribution is -2.20. The average Bonchev–Trinajstić information content (AvgIpc) is 3.91. The minimum atomic E-state index is -0.0855. The maximum Gasteiger partial charge on any atom is 0.265 e. The van der Waals surface area contributed by atoms with E-state index >= 15 is 4.79 Å². The highest BCUT2D eigenvalue weighted by Crippen LogP contribution is 2.42. The molecule has 4 aromatic heterocycles. The Balaban J connectivity index is 1.14. The van der Waals surface area contributed by atoms with E-state index in [9.17, 15) is 0 Å². The van der Waals surface area contributed by atoms with Crippen molar-refractivity contribution in [2.24, 2.45) is 0 Å². The normalized spacial score (nSPS) is 11.8. The predicted octanol–water partition coefficient (Wildman–Crippen LogP) is 14.1. The van der Waals surface area contributed by atoms with Gasteiger partial charge in [-0.3, -0.25) is 9.36 Å². The minimum absolute atomic E-state index is 0.0855. The van der Waals surface area contributed by atoms with Crippen molar-refractivity contribution in [1.82, 2.24) is 23.7 Å². The molecule has 9 aromatic carbocycles. The first-order chi connectivity index (χ1) is 32.2. The molecule has 0 spiro atoms. The summed E-state index contributed by atoms with van der Waals surface area (Å²) < 4.78 is 6.54. The molecule has 0 N–H and O–H groups in total. The Bertz CT molecular complexity index is 4000. The van der Waals surface area contributed by atoms with Gasteiger partial charge in [-0.15, -0.1) is 0 Å². The average molecular weight is 832 g/mol. The number of nitrogens with zero attached hydrogens (tertiary/aromatic N) is 5. The standard InChI is InChI=1S/C59H37N5O/c65-59-54-46(49-35-34-48-45-29-14-15-30-52(45)62(41-23-9-3-10-24-41)56(48)57(49)64(59)42-25-11-4-12-26-42)32-33-47-44-28-13-16-31-53(44)63(55(47)54)43-27-17-22-40(36-43)51-37-50(38-18-5-1-6-19-38)60-58(61-51)39-20-7-2-8-21-39/h1-37H. The first-order valence-corrected chi connectivity index (χ1v) is 21.9. The monoisotopic (exact) mass is 831 g/mol. The molecule has 0 radical (unpaired) electrons. The zero-order chi connectivity index (χ0) is 43.0. The molecule has 0 bridgehead atoms. The van der Waals surface area contributed by atoms with Crippen LogP contribution in [0.2, 0.25) is 0 Å². The summed E-state index contributed by atoms with van der Waals surface area (Å²) in [5.74, 6) is 0.656.